The third-order valence-electron chi connectivity index (χ3n) is 10.5. The minimum atomic E-state index is 0.624. The van der Waals surface area contributed by atoms with Crippen LogP contribution in [0.5, 0.6) is 0 Å². The SMILES string of the molecule is c1ccc(-c2nc(-c3ccccc3)nc(-c3cccc(-c4cccc5oc6ccc(-c7ccc8c(c7)sc7c(-c9ccccc9)cccc78)cc6c45)c3)n2)cc1. The molecule has 0 atom stereocenters. The summed E-state index contributed by atoms with van der Waals surface area (Å²) in [5.41, 5.74) is 11.5. The molecule has 0 amide bonds. The maximum absolute atomic E-state index is 6.48. The van der Waals surface area contributed by atoms with E-state index in [0.717, 1.165) is 55.3 Å². The van der Waals surface area contributed by atoms with E-state index in [1.165, 1.54) is 36.9 Å². The van der Waals surface area contributed by atoms with Crippen molar-refractivity contribution < 1.29 is 4.42 Å². The van der Waals surface area contributed by atoms with E-state index in [0.29, 0.717) is 17.5 Å². The first kappa shape index (κ1) is 32.2. The quantitative estimate of drug-likeness (QED) is 0.171. The summed E-state index contributed by atoms with van der Waals surface area (Å²) in [4.78, 5) is 14.9. The summed E-state index contributed by atoms with van der Waals surface area (Å²) >= 11 is 1.87. The second-order valence-corrected chi connectivity index (χ2v) is 15.0. The van der Waals surface area contributed by atoms with E-state index in [4.69, 9.17) is 19.4 Å². The molecule has 5 heteroatoms. The van der Waals surface area contributed by atoms with E-state index in [1.54, 1.807) is 0 Å². The van der Waals surface area contributed by atoms with Gasteiger partial charge in [-0.1, -0.05) is 158 Å². The van der Waals surface area contributed by atoms with Crippen LogP contribution in [-0.4, -0.2) is 15.0 Å². The van der Waals surface area contributed by atoms with Crippen LogP contribution in [0.25, 0.3) is 110 Å². The normalized spacial score (nSPS) is 11.6. The number of hydrogen-bond acceptors (Lipinski definition) is 5. The second kappa shape index (κ2) is 13.3. The van der Waals surface area contributed by atoms with Crippen molar-refractivity contribution in [1.82, 2.24) is 15.0 Å². The van der Waals surface area contributed by atoms with Gasteiger partial charge in [-0.3, -0.25) is 0 Å². The molecule has 56 heavy (non-hydrogen) atoms. The van der Waals surface area contributed by atoms with Gasteiger partial charge in [0, 0.05) is 47.6 Å². The zero-order valence-corrected chi connectivity index (χ0v) is 30.9. The van der Waals surface area contributed by atoms with E-state index >= 15 is 0 Å². The lowest BCUT2D eigenvalue weighted by Gasteiger charge is -2.10. The number of benzene rings is 8. The highest BCUT2D eigenvalue weighted by molar-refractivity contribution is 7.26. The van der Waals surface area contributed by atoms with Crippen molar-refractivity contribution in [3.8, 4) is 67.5 Å². The predicted molar refractivity (Wildman–Crippen MR) is 233 cm³/mol. The first-order chi connectivity index (χ1) is 27.7. The summed E-state index contributed by atoms with van der Waals surface area (Å²) < 4.78 is 9.08. The van der Waals surface area contributed by atoms with Crippen LogP contribution >= 0.6 is 11.3 Å². The summed E-state index contributed by atoms with van der Waals surface area (Å²) in [6, 6.07) is 65.7. The lowest BCUT2D eigenvalue weighted by atomic mass is 9.96. The van der Waals surface area contributed by atoms with Gasteiger partial charge in [0.1, 0.15) is 11.2 Å². The van der Waals surface area contributed by atoms with Crippen LogP contribution in [0.1, 0.15) is 0 Å². The Hall–Kier alpha value is -7.21. The molecular weight excluding hydrogens is 703 g/mol. The lowest BCUT2D eigenvalue weighted by molar-refractivity contribution is 0.669. The van der Waals surface area contributed by atoms with E-state index in [2.05, 4.69) is 127 Å². The molecule has 3 aromatic heterocycles. The number of nitrogens with zero attached hydrogens (tertiary/aromatic N) is 3. The summed E-state index contributed by atoms with van der Waals surface area (Å²) in [6.07, 6.45) is 0. The monoisotopic (exact) mass is 733 g/mol. The molecule has 3 heterocycles. The molecule has 0 unspecified atom stereocenters. The highest BCUT2D eigenvalue weighted by atomic mass is 32.1. The number of hydrogen-bond donors (Lipinski definition) is 0. The lowest BCUT2D eigenvalue weighted by Crippen LogP contribution is -2.00. The molecule has 0 radical (unpaired) electrons. The Morgan fingerprint density at radius 1 is 0.339 bits per heavy atom. The van der Waals surface area contributed by atoms with Gasteiger partial charge in [-0.15, -0.1) is 11.3 Å². The summed E-state index contributed by atoms with van der Waals surface area (Å²) in [5, 5.41) is 4.75. The van der Waals surface area contributed by atoms with Crippen molar-refractivity contribution in [3.05, 3.63) is 188 Å². The minimum Gasteiger partial charge on any atom is -0.456 e. The first-order valence-corrected chi connectivity index (χ1v) is 19.5. The Morgan fingerprint density at radius 2 is 0.911 bits per heavy atom. The fourth-order valence-corrected chi connectivity index (χ4v) is 9.11. The topological polar surface area (TPSA) is 51.8 Å². The zero-order valence-electron chi connectivity index (χ0n) is 30.1. The van der Waals surface area contributed by atoms with Crippen LogP contribution in [0.3, 0.4) is 0 Å². The average Bonchev–Trinajstić information content (AvgIpc) is 3.85. The molecule has 0 saturated heterocycles. The molecule has 0 aliphatic rings. The van der Waals surface area contributed by atoms with Gasteiger partial charge in [-0.2, -0.15) is 0 Å². The number of fused-ring (bicyclic) bond motifs is 6. The maximum atomic E-state index is 6.48. The van der Waals surface area contributed by atoms with Crippen LogP contribution in [-0.2, 0) is 0 Å². The molecule has 4 nitrogen and oxygen atoms in total. The van der Waals surface area contributed by atoms with Gasteiger partial charge < -0.3 is 4.42 Å². The third-order valence-corrected chi connectivity index (χ3v) is 11.7. The fraction of sp³-hybridized carbons (Fsp3) is 0. The van der Waals surface area contributed by atoms with Gasteiger partial charge in [0.2, 0.25) is 0 Å². The van der Waals surface area contributed by atoms with Gasteiger partial charge in [-0.25, -0.2) is 15.0 Å². The number of aromatic nitrogens is 3. The van der Waals surface area contributed by atoms with E-state index < -0.39 is 0 Å². The Balaban J connectivity index is 1.02. The zero-order chi connectivity index (χ0) is 37.0. The van der Waals surface area contributed by atoms with Crippen LogP contribution in [0, 0.1) is 0 Å². The Kier molecular flexibility index (Phi) is 7.64. The molecule has 0 fully saturated rings. The Labute approximate surface area is 327 Å². The molecule has 8 aromatic carbocycles. The highest BCUT2D eigenvalue weighted by Gasteiger charge is 2.17. The fourth-order valence-electron chi connectivity index (χ4n) is 7.83. The summed E-state index contributed by atoms with van der Waals surface area (Å²) in [7, 11) is 0. The summed E-state index contributed by atoms with van der Waals surface area (Å²) in [6.45, 7) is 0. The standard InChI is InChI=1S/C51H31N3OS/c1-4-13-32(14-5-1)40-22-11-23-42-41-27-25-36(31-46(41)56-48(40)42)35-26-28-44-43(30-35)47-39(21-12-24-45(47)55-44)37-19-10-20-38(29-37)51-53-49(33-15-6-2-7-16-33)52-50(54-51)34-17-8-3-9-18-34/h1-31H. The van der Waals surface area contributed by atoms with Crippen molar-refractivity contribution in [1.29, 1.82) is 0 Å². The smallest absolute Gasteiger partial charge is 0.164 e. The number of furan rings is 1. The largest absolute Gasteiger partial charge is 0.456 e. The van der Waals surface area contributed by atoms with Gasteiger partial charge in [0.25, 0.3) is 0 Å². The van der Waals surface area contributed by atoms with Crippen LogP contribution in [0.4, 0.5) is 0 Å². The molecular formula is C51H31N3OS. The van der Waals surface area contributed by atoms with E-state index in [9.17, 15) is 0 Å². The number of thiophene rings is 1. The van der Waals surface area contributed by atoms with Crippen LogP contribution in [0.2, 0.25) is 0 Å². The van der Waals surface area contributed by atoms with Crippen molar-refractivity contribution in [3.63, 3.8) is 0 Å². The third kappa shape index (κ3) is 5.56. The van der Waals surface area contributed by atoms with Gasteiger partial charge in [-0.05, 0) is 63.7 Å². The molecule has 0 saturated carbocycles. The summed E-state index contributed by atoms with van der Waals surface area (Å²) in [5.74, 6) is 1.90. The average molecular weight is 734 g/mol. The van der Waals surface area contributed by atoms with Crippen molar-refractivity contribution >= 4 is 53.4 Å². The molecule has 0 N–H and O–H groups in total. The van der Waals surface area contributed by atoms with Gasteiger partial charge in [0.05, 0.1) is 0 Å². The Bertz CT molecular complexity index is 3180. The van der Waals surface area contributed by atoms with E-state index in [-0.39, 0.29) is 0 Å². The van der Waals surface area contributed by atoms with Crippen molar-refractivity contribution in [2.24, 2.45) is 0 Å². The second-order valence-electron chi connectivity index (χ2n) is 14.0. The van der Waals surface area contributed by atoms with E-state index in [1.807, 2.05) is 72.0 Å². The van der Waals surface area contributed by atoms with Gasteiger partial charge in [0.15, 0.2) is 17.5 Å². The number of rotatable bonds is 6. The molecule has 11 rings (SSSR count). The van der Waals surface area contributed by atoms with Crippen LogP contribution < -0.4 is 0 Å². The predicted octanol–water partition coefficient (Wildman–Crippen LogP) is 14.1. The molecule has 0 aliphatic carbocycles. The molecule has 0 bridgehead atoms. The van der Waals surface area contributed by atoms with Crippen molar-refractivity contribution in [2.45, 2.75) is 0 Å². The molecule has 262 valence electrons. The van der Waals surface area contributed by atoms with Crippen LogP contribution in [0.15, 0.2) is 192 Å². The Morgan fingerprint density at radius 3 is 1.64 bits per heavy atom. The minimum absolute atomic E-state index is 0.624. The molecule has 0 spiro atoms. The molecule has 0 aliphatic heterocycles. The van der Waals surface area contributed by atoms with Gasteiger partial charge >= 0.3 is 0 Å². The maximum Gasteiger partial charge on any atom is 0.164 e. The molecule has 11 aromatic rings. The first-order valence-electron chi connectivity index (χ1n) is 18.7. The van der Waals surface area contributed by atoms with Crippen molar-refractivity contribution in [2.75, 3.05) is 0 Å². The highest BCUT2D eigenvalue weighted by Crippen LogP contribution is 2.43.